The number of carbonyl (C=O) groups excluding carboxylic acids is 3. The Hall–Kier alpha value is -4.22. The van der Waals surface area contributed by atoms with Crippen molar-refractivity contribution < 1.29 is 27.6 Å². The van der Waals surface area contributed by atoms with Gasteiger partial charge in [0.05, 0.1) is 11.7 Å². The highest BCUT2D eigenvalue weighted by molar-refractivity contribution is 6.15. The number of halogens is 3. The van der Waals surface area contributed by atoms with Crippen molar-refractivity contribution in [3.05, 3.63) is 54.2 Å². The molecule has 4 heterocycles. The van der Waals surface area contributed by atoms with Crippen molar-refractivity contribution in [2.75, 3.05) is 32.7 Å². The number of alkyl halides is 3. The molecule has 42 heavy (non-hydrogen) atoms. The van der Waals surface area contributed by atoms with Crippen molar-refractivity contribution in [3.8, 4) is 11.1 Å². The van der Waals surface area contributed by atoms with Gasteiger partial charge in [0.25, 0.3) is 5.91 Å². The van der Waals surface area contributed by atoms with Gasteiger partial charge in [0.2, 0.25) is 5.91 Å². The number of aliphatic imine (C=N–C) groups is 1. The molecular weight excluding hydrogens is 549 g/mol. The zero-order valence-corrected chi connectivity index (χ0v) is 22.7. The van der Waals surface area contributed by atoms with Crippen LogP contribution in [0.2, 0.25) is 0 Å². The highest BCUT2D eigenvalue weighted by Gasteiger charge is 2.53. The molecule has 0 bridgehead atoms. The molecule has 12 heteroatoms. The van der Waals surface area contributed by atoms with Crippen LogP contribution in [0.25, 0.3) is 22.0 Å². The standard InChI is InChI=1S/C30H29F3N6O3/c31-30(32,33)28(42)37-11-9-29(10-12-37)27(41)39(17-18-15-38(16-18)26(40)21-5-6-21)25(35-29)20-3-1-19(2-4-20)22-7-8-24-23(13-22)14-34-36-24/h1-4,7-8,13-14,18,21H,5-6,9-12,15-17H2,(H,34,36). The number of likely N-dealkylation sites (tertiary alicyclic amines) is 2. The third-order valence-corrected chi connectivity index (χ3v) is 8.89. The van der Waals surface area contributed by atoms with Crippen LogP contribution in [0.3, 0.4) is 0 Å². The van der Waals surface area contributed by atoms with Gasteiger partial charge in [-0.05, 0) is 48.9 Å². The molecule has 1 N–H and O–H groups in total. The van der Waals surface area contributed by atoms with Gasteiger partial charge in [-0.15, -0.1) is 0 Å². The number of hydrogen-bond donors (Lipinski definition) is 1. The SMILES string of the molecule is O=C(C1CC1)N1CC(CN2C(=O)C3(CCN(C(=O)C(F)(F)F)CC3)N=C2c2ccc(-c3ccc4[nH]ncc4c3)cc2)C1. The maximum atomic E-state index is 13.9. The number of fused-ring (bicyclic) bond motifs is 1. The summed E-state index contributed by atoms with van der Waals surface area (Å²) in [6.07, 6.45) is -1.28. The second-order valence-electron chi connectivity index (χ2n) is 11.8. The Morgan fingerprint density at radius 1 is 0.952 bits per heavy atom. The van der Waals surface area contributed by atoms with Crippen LogP contribution in [0.4, 0.5) is 13.2 Å². The molecular formula is C30H29F3N6O3. The summed E-state index contributed by atoms with van der Waals surface area (Å²) < 4.78 is 39.1. The number of carbonyl (C=O) groups is 3. The fourth-order valence-corrected chi connectivity index (χ4v) is 6.28. The van der Waals surface area contributed by atoms with E-state index in [-0.39, 0.29) is 49.6 Å². The molecule has 0 radical (unpaired) electrons. The van der Waals surface area contributed by atoms with Crippen LogP contribution < -0.4 is 0 Å². The predicted octanol–water partition coefficient (Wildman–Crippen LogP) is 3.61. The van der Waals surface area contributed by atoms with E-state index in [1.54, 1.807) is 11.1 Å². The van der Waals surface area contributed by atoms with Gasteiger partial charge in [-0.1, -0.05) is 30.3 Å². The zero-order chi connectivity index (χ0) is 29.2. The average Bonchev–Trinajstić information content (AvgIpc) is 3.65. The summed E-state index contributed by atoms with van der Waals surface area (Å²) in [4.78, 5) is 47.3. The van der Waals surface area contributed by atoms with Gasteiger partial charge in [0, 0.05) is 55.5 Å². The molecule has 2 saturated heterocycles. The van der Waals surface area contributed by atoms with Gasteiger partial charge in [-0.2, -0.15) is 18.3 Å². The fraction of sp³-hybridized carbons (Fsp3) is 0.433. The molecule has 2 aromatic carbocycles. The van der Waals surface area contributed by atoms with Crippen LogP contribution in [0.1, 0.15) is 31.2 Å². The number of H-pyrrole nitrogens is 1. The van der Waals surface area contributed by atoms with E-state index in [4.69, 9.17) is 4.99 Å². The maximum Gasteiger partial charge on any atom is 0.471 e. The summed E-state index contributed by atoms with van der Waals surface area (Å²) >= 11 is 0. The number of amides is 3. The molecule has 1 spiro atoms. The van der Waals surface area contributed by atoms with Crippen molar-refractivity contribution >= 4 is 34.5 Å². The molecule has 218 valence electrons. The molecule has 3 amide bonds. The molecule has 1 aliphatic carbocycles. The minimum Gasteiger partial charge on any atom is -0.342 e. The van der Waals surface area contributed by atoms with E-state index in [0.717, 1.165) is 45.3 Å². The van der Waals surface area contributed by atoms with Crippen molar-refractivity contribution in [2.24, 2.45) is 16.8 Å². The number of benzene rings is 2. The second kappa shape index (κ2) is 9.67. The molecule has 1 saturated carbocycles. The van der Waals surface area contributed by atoms with Gasteiger partial charge in [0.1, 0.15) is 11.4 Å². The lowest BCUT2D eigenvalue weighted by Crippen LogP contribution is -2.57. The lowest BCUT2D eigenvalue weighted by molar-refractivity contribution is -0.187. The molecule has 3 fully saturated rings. The van der Waals surface area contributed by atoms with Crippen LogP contribution in [0.5, 0.6) is 0 Å². The quantitative estimate of drug-likeness (QED) is 0.500. The van der Waals surface area contributed by atoms with E-state index in [1.807, 2.05) is 47.4 Å². The van der Waals surface area contributed by atoms with Gasteiger partial charge in [-0.25, -0.2) is 0 Å². The van der Waals surface area contributed by atoms with Crippen LogP contribution in [-0.2, 0) is 14.4 Å². The van der Waals surface area contributed by atoms with Crippen molar-refractivity contribution in [1.29, 1.82) is 0 Å². The first-order valence-corrected chi connectivity index (χ1v) is 14.2. The summed E-state index contributed by atoms with van der Waals surface area (Å²) in [6, 6.07) is 13.7. The second-order valence-corrected chi connectivity index (χ2v) is 11.8. The van der Waals surface area contributed by atoms with E-state index < -0.39 is 17.6 Å². The topological polar surface area (TPSA) is 102 Å². The first kappa shape index (κ1) is 26.7. The number of aromatic nitrogens is 2. The molecule has 0 atom stereocenters. The molecule has 4 aliphatic rings. The van der Waals surface area contributed by atoms with E-state index in [0.29, 0.717) is 25.5 Å². The Labute approximate surface area is 239 Å². The maximum absolute atomic E-state index is 13.9. The minimum absolute atomic E-state index is 0.0212. The molecule has 3 aliphatic heterocycles. The first-order chi connectivity index (χ1) is 20.1. The number of hydrogen-bond acceptors (Lipinski definition) is 5. The lowest BCUT2D eigenvalue weighted by atomic mass is 9.87. The summed E-state index contributed by atoms with van der Waals surface area (Å²) in [5, 5.41) is 7.99. The van der Waals surface area contributed by atoms with Gasteiger partial charge in [-0.3, -0.25) is 29.4 Å². The molecule has 7 rings (SSSR count). The molecule has 3 aromatic rings. The summed E-state index contributed by atoms with van der Waals surface area (Å²) in [5.41, 5.74) is 2.43. The summed E-state index contributed by atoms with van der Waals surface area (Å²) in [7, 11) is 0. The summed E-state index contributed by atoms with van der Waals surface area (Å²) in [6.45, 7) is 1.12. The minimum atomic E-state index is -4.96. The molecule has 1 aromatic heterocycles. The van der Waals surface area contributed by atoms with Crippen LogP contribution in [0.15, 0.2) is 53.7 Å². The van der Waals surface area contributed by atoms with E-state index in [2.05, 4.69) is 10.2 Å². The Morgan fingerprint density at radius 2 is 1.62 bits per heavy atom. The Balaban J connectivity index is 1.14. The third kappa shape index (κ3) is 4.62. The number of rotatable bonds is 5. The normalized spacial score (nSPS) is 20.8. The average molecular weight is 579 g/mol. The van der Waals surface area contributed by atoms with Gasteiger partial charge in [0.15, 0.2) is 0 Å². The molecule has 9 nitrogen and oxygen atoms in total. The number of amidine groups is 1. The molecule has 0 unspecified atom stereocenters. The van der Waals surface area contributed by atoms with Crippen molar-refractivity contribution in [1.82, 2.24) is 24.9 Å². The van der Waals surface area contributed by atoms with Gasteiger partial charge < -0.3 is 9.80 Å². The van der Waals surface area contributed by atoms with Crippen LogP contribution in [-0.4, -0.2) is 92.9 Å². The lowest BCUT2D eigenvalue weighted by Gasteiger charge is -2.42. The number of piperidine rings is 1. The highest BCUT2D eigenvalue weighted by Crippen LogP contribution is 2.38. The number of nitrogens with one attached hydrogen (secondary N) is 1. The van der Waals surface area contributed by atoms with Crippen molar-refractivity contribution in [3.63, 3.8) is 0 Å². The Morgan fingerprint density at radius 3 is 2.29 bits per heavy atom. The monoisotopic (exact) mass is 578 g/mol. The highest BCUT2D eigenvalue weighted by atomic mass is 19.4. The van der Waals surface area contributed by atoms with Crippen LogP contribution >= 0.6 is 0 Å². The van der Waals surface area contributed by atoms with Crippen molar-refractivity contribution in [2.45, 2.75) is 37.4 Å². The number of nitrogens with zero attached hydrogens (tertiary/aromatic N) is 5. The smallest absolute Gasteiger partial charge is 0.342 e. The third-order valence-electron chi connectivity index (χ3n) is 8.89. The van der Waals surface area contributed by atoms with E-state index in [9.17, 15) is 27.6 Å². The number of aromatic amines is 1. The largest absolute Gasteiger partial charge is 0.471 e. The Kier molecular flexibility index (Phi) is 6.14. The van der Waals surface area contributed by atoms with E-state index in [1.165, 1.54) is 0 Å². The zero-order valence-electron chi connectivity index (χ0n) is 22.7. The fourth-order valence-electron chi connectivity index (χ4n) is 6.28. The summed E-state index contributed by atoms with van der Waals surface area (Å²) in [5.74, 6) is -1.25. The first-order valence-electron chi connectivity index (χ1n) is 14.2. The van der Waals surface area contributed by atoms with Crippen LogP contribution in [0, 0.1) is 11.8 Å². The Bertz CT molecular complexity index is 1600. The van der Waals surface area contributed by atoms with E-state index >= 15 is 0 Å². The predicted molar refractivity (Wildman–Crippen MR) is 147 cm³/mol. The van der Waals surface area contributed by atoms with Gasteiger partial charge >= 0.3 is 12.1 Å².